The van der Waals surface area contributed by atoms with E-state index in [9.17, 15) is 8.42 Å². The topological polar surface area (TPSA) is 87.7 Å². The van der Waals surface area contributed by atoms with Crippen molar-refractivity contribution in [3.63, 3.8) is 0 Å². The summed E-state index contributed by atoms with van der Waals surface area (Å²) < 4.78 is 29.0. The summed E-state index contributed by atoms with van der Waals surface area (Å²) in [6, 6.07) is 11.1. The lowest BCUT2D eigenvalue weighted by atomic mass is 10.2. The van der Waals surface area contributed by atoms with Crippen LogP contribution in [0.15, 0.2) is 41.3 Å². The third kappa shape index (κ3) is 3.39. The van der Waals surface area contributed by atoms with Crippen LogP contribution in [-0.4, -0.2) is 23.6 Å². The van der Waals surface area contributed by atoms with E-state index in [2.05, 4.69) is 26.0 Å². The smallest absolute Gasteiger partial charge is 0.265 e. The van der Waals surface area contributed by atoms with Gasteiger partial charge in [-0.25, -0.2) is 13.4 Å². The summed E-state index contributed by atoms with van der Waals surface area (Å²) in [6.45, 7) is 5.35. The van der Waals surface area contributed by atoms with Gasteiger partial charge in [0.25, 0.3) is 10.0 Å². The first-order valence-corrected chi connectivity index (χ1v) is 11.1. The Morgan fingerprint density at radius 3 is 2.57 bits per heavy atom. The van der Waals surface area contributed by atoms with Gasteiger partial charge in [-0.15, -0.1) is 11.3 Å². The first kappa shape index (κ1) is 18.9. The van der Waals surface area contributed by atoms with Crippen molar-refractivity contribution in [1.29, 1.82) is 0 Å². The Balaban J connectivity index is 1.68. The van der Waals surface area contributed by atoms with Crippen molar-refractivity contribution in [3.05, 3.63) is 58.4 Å². The summed E-state index contributed by atoms with van der Waals surface area (Å²) >= 11 is 8.01. The molecule has 0 aliphatic carbocycles. The SMILES string of the molecule is Cc1ccc2nc(-c3ccc(NS(=O)(=O)c4c(C)n[nH]c4C)cc3Cl)sc2c1. The maximum atomic E-state index is 12.7. The highest BCUT2D eigenvalue weighted by atomic mass is 35.5. The number of hydrogen-bond donors (Lipinski definition) is 2. The first-order chi connectivity index (χ1) is 13.2. The summed E-state index contributed by atoms with van der Waals surface area (Å²) in [5.41, 5.74) is 4.13. The Hall–Kier alpha value is -2.42. The molecule has 0 saturated heterocycles. The quantitative estimate of drug-likeness (QED) is 0.471. The zero-order valence-electron chi connectivity index (χ0n) is 15.4. The van der Waals surface area contributed by atoms with Crippen LogP contribution in [0.1, 0.15) is 17.0 Å². The number of fused-ring (bicyclic) bond motifs is 1. The molecule has 0 aliphatic heterocycles. The Labute approximate surface area is 171 Å². The molecular weight excluding hydrogens is 416 g/mol. The molecule has 9 heteroatoms. The molecule has 2 aromatic carbocycles. The maximum absolute atomic E-state index is 12.7. The van der Waals surface area contributed by atoms with Crippen LogP contribution < -0.4 is 4.72 Å². The van der Waals surface area contributed by atoms with Crippen LogP contribution >= 0.6 is 22.9 Å². The number of aryl methyl sites for hydroxylation is 3. The van der Waals surface area contributed by atoms with E-state index in [1.807, 2.05) is 19.1 Å². The van der Waals surface area contributed by atoms with E-state index in [4.69, 9.17) is 11.6 Å². The summed E-state index contributed by atoms with van der Waals surface area (Å²) in [6.07, 6.45) is 0. The molecule has 0 saturated carbocycles. The minimum absolute atomic E-state index is 0.147. The fourth-order valence-corrected chi connectivity index (χ4v) is 5.89. The van der Waals surface area contributed by atoms with E-state index in [-0.39, 0.29) is 4.90 Å². The number of rotatable bonds is 4. The second kappa shape index (κ2) is 6.88. The molecule has 0 fully saturated rings. The van der Waals surface area contributed by atoms with Gasteiger partial charge in [0.05, 0.1) is 32.3 Å². The highest BCUT2D eigenvalue weighted by Crippen LogP contribution is 2.36. The van der Waals surface area contributed by atoms with Crippen molar-refractivity contribution in [1.82, 2.24) is 15.2 Å². The molecule has 144 valence electrons. The van der Waals surface area contributed by atoms with E-state index < -0.39 is 10.0 Å². The minimum atomic E-state index is -3.77. The molecule has 0 bridgehead atoms. The second-order valence-corrected chi connectivity index (χ2v) is 9.61. The van der Waals surface area contributed by atoms with Crippen LogP contribution in [0, 0.1) is 20.8 Å². The van der Waals surface area contributed by atoms with Crippen molar-refractivity contribution >= 4 is 48.9 Å². The molecule has 2 N–H and O–H groups in total. The zero-order chi connectivity index (χ0) is 20.1. The van der Waals surface area contributed by atoms with Gasteiger partial charge in [0.1, 0.15) is 9.90 Å². The van der Waals surface area contributed by atoms with Gasteiger partial charge in [-0.05, 0) is 56.7 Å². The molecule has 2 aromatic heterocycles. The van der Waals surface area contributed by atoms with E-state index in [0.29, 0.717) is 22.1 Å². The zero-order valence-corrected chi connectivity index (χ0v) is 17.8. The lowest BCUT2D eigenvalue weighted by Gasteiger charge is -2.10. The highest BCUT2D eigenvalue weighted by Gasteiger charge is 2.22. The van der Waals surface area contributed by atoms with E-state index in [1.165, 1.54) is 5.56 Å². The number of aromatic nitrogens is 3. The van der Waals surface area contributed by atoms with E-state index in [0.717, 1.165) is 20.8 Å². The maximum Gasteiger partial charge on any atom is 0.265 e. The predicted molar refractivity (Wildman–Crippen MR) is 114 cm³/mol. The predicted octanol–water partition coefficient (Wildman–Crippen LogP) is 5.07. The number of benzene rings is 2. The average molecular weight is 433 g/mol. The third-order valence-electron chi connectivity index (χ3n) is 4.32. The highest BCUT2D eigenvalue weighted by molar-refractivity contribution is 7.92. The van der Waals surface area contributed by atoms with Gasteiger partial charge in [-0.2, -0.15) is 5.10 Å². The first-order valence-electron chi connectivity index (χ1n) is 8.46. The largest absolute Gasteiger partial charge is 0.281 e. The van der Waals surface area contributed by atoms with Gasteiger partial charge < -0.3 is 0 Å². The molecule has 4 rings (SSSR count). The minimum Gasteiger partial charge on any atom is -0.281 e. The number of nitrogens with one attached hydrogen (secondary N) is 2. The van der Waals surface area contributed by atoms with E-state index in [1.54, 1.807) is 43.4 Å². The van der Waals surface area contributed by atoms with Gasteiger partial charge in [-0.1, -0.05) is 17.7 Å². The average Bonchev–Trinajstić information content (AvgIpc) is 3.17. The fourth-order valence-electron chi connectivity index (χ4n) is 3.04. The molecule has 0 amide bonds. The number of sulfonamides is 1. The number of hydrogen-bond acceptors (Lipinski definition) is 5. The molecule has 0 unspecified atom stereocenters. The monoisotopic (exact) mass is 432 g/mol. The Kier molecular flexibility index (Phi) is 4.65. The Morgan fingerprint density at radius 2 is 1.89 bits per heavy atom. The summed E-state index contributed by atoms with van der Waals surface area (Å²) in [5.74, 6) is 0. The molecule has 0 radical (unpaired) electrons. The van der Waals surface area contributed by atoms with Gasteiger partial charge >= 0.3 is 0 Å². The van der Waals surface area contributed by atoms with Crippen LogP contribution in [0.3, 0.4) is 0 Å². The lowest BCUT2D eigenvalue weighted by molar-refractivity contribution is 0.600. The van der Waals surface area contributed by atoms with Crippen LogP contribution in [0.25, 0.3) is 20.8 Å². The Morgan fingerprint density at radius 1 is 1.11 bits per heavy atom. The number of halogens is 1. The molecular formula is C19H17ClN4O2S2. The van der Waals surface area contributed by atoms with Gasteiger partial charge in [-0.3, -0.25) is 9.82 Å². The standard InChI is InChI=1S/C19H17ClN4O2S2/c1-10-4-7-16-17(8-10)27-19(21-16)14-6-5-13(9-15(14)20)24-28(25,26)18-11(2)22-23-12(18)3/h4-9,24H,1-3H3,(H,22,23). The number of anilines is 1. The molecule has 28 heavy (non-hydrogen) atoms. The van der Waals surface area contributed by atoms with Crippen LogP contribution in [-0.2, 0) is 10.0 Å². The van der Waals surface area contributed by atoms with Crippen molar-refractivity contribution < 1.29 is 8.42 Å². The van der Waals surface area contributed by atoms with Gasteiger partial charge in [0.2, 0.25) is 0 Å². The number of thiazole rings is 1. The van der Waals surface area contributed by atoms with E-state index >= 15 is 0 Å². The second-order valence-electron chi connectivity index (χ2n) is 6.55. The van der Waals surface area contributed by atoms with Crippen molar-refractivity contribution in [2.24, 2.45) is 0 Å². The molecule has 4 aromatic rings. The summed E-state index contributed by atoms with van der Waals surface area (Å²) in [4.78, 5) is 4.78. The van der Waals surface area contributed by atoms with Crippen molar-refractivity contribution in [3.8, 4) is 10.6 Å². The normalized spacial score (nSPS) is 11.9. The van der Waals surface area contributed by atoms with Crippen molar-refractivity contribution in [2.75, 3.05) is 4.72 Å². The number of H-pyrrole nitrogens is 1. The Bertz CT molecular complexity index is 1290. The molecule has 0 aliphatic rings. The van der Waals surface area contributed by atoms with Crippen LogP contribution in [0.5, 0.6) is 0 Å². The number of aromatic amines is 1. The molecule has 0 spiro atoms. The van der Waals surface area contributed by atoms with Gasteiger partial charge in [0.15, 0.2) is 0 Å². The molecule has 6 nitrogen and oxygen atoms in total. The van der Waals surface area contributed by atoms with Crippen molar-refractivity contribution in [2.45, 2.75) is 25.7 Å². The number of nitrogens with zero attached hydrogens (tertiary/aromatic N) is 2. The lowest BCUT2D eigenvalue weighted by Crippen LogP contribution is -2.14. The van der Waals surface area contributed by atoms with Crippen LogP contribution in [0.4, 0.5) is 5.69 Å². The summed E-state index contributed by atoms with van der Waals surface area (Å²) in [5, 5.41) is 7.85. The third-order valence-corrected chi connectivity index (χ3v) is 7.33. The van der Waals surface area contributed by atoms with Gasteiger partial charge in [0, 0.05) is 5.56 Å². The van der Waals surface area contributed by atoms with Crippen LogP contribution in [0.2, 0.25) is 5.02 Å². The summed E-state index contributed by atoms with van der Waals surface area (Å²) in [7, 11) is -3.77. The molecule has 2 heterocycles. The fraction of sp³-hybridized carbons (Fsp3) is 0.158. The molecule has 0 atom stereocenters.